The number of hydrogen-bond donors (Lipinski definition) is 0. The van der Waals surface area contributed by atoms with Gasteiger partial charge < -0.3 is 9.15 Å². The van der Waals surface area contributed by atoms with E-state index in [9.17, 15) is 4.79 Å². The smallest absolute Gasteiger partial charge is 0.354 e. The summed E-state index contributed by atoms with van der Waals surface area (Å²) in [5.41, 5.74) is -0.437. The summed E-state index contributed by atoms with van der Waals surface area (Å²) in [5.74, 6) is 0.962. The maximum Gasteiger partial charge on any atom is 0.354 e. The Morgan fingerprint density at radius 1 is 1.33 bits per heavy atom. The van der Waals surface area contributed by atoms with Crippen LogP contribution in [0.2, 0.25) is 0 Å². The van der Waals surface area contributed by atoms with E-state index < -0.39 is 5.63 Å². The van der Waals surface area contributed by atoms with Gasteiger partial charge in [0, 0.05) is 0 Å². The minimum atomic E-state index is -0.437. The van der Waals surface area contributed by atoms with Gasteiger partial charge in [-0.05, 0) is 38.8 Å². The van der Waals surface area contributed by atoms with E-state index in [1.807, 2.05) is 0 Å². The Morgan fingerprint density at radius 3 is 2.42 bits per heavy atom. The zero-order valence-electron chi connectivity index (χ0n) is 6.48. The average Bonchev–Trinajstić information content (AvgIpc) is 2.02. The molecule has 0 unspecified atom stereocenters. The maximum atomic E-state index is 11.1. The predicted octanol–water partition coefficient (Wildman–Crippen LogP) is 2.48. The first kappa shape index (κ1) is 9.80. The van der Waals surface area contributed by atoms with Crippen LogP contribution in [0, 0.1) is 6.92 Å². The molecule has 0 bridgehead atoms. The van der Waals surface area contributed by atoms with Crippen LogP contribution in [0.3, 0.4) is 0 Å². The molecule has 5 heteroatoms. The summed E-state index contributed by atoms with van der Waals surface area (Å²) in [6.07, 6.45) is 0. The lowest BCUT2D eigenvalue weighted by Crippen LogP contribution is -2.04. The normalized spacial score (nSPS) is 10.0. The second-order valence-corrected chi connectivity index (χ2v) is 3.69. The molecule has 0 spiro atoms. The van der Waals surface area contributed by atoms with Gasteiger partial charge in [0.1, 0.15) is 10.2 Å². The van der Waals surface area contributed by atoms with Gasteiger partial charge in [-0.3, -0.25) is 0 Å². The molecule has 1 heterocycles. The molecular formula is C7H6Br2O3. The number of ether oxygens (including phenoxy) is 1. The van der Waals surface area contributed by atoms with Crippen molar-refractivity contribution in [3.05, 3.63) is 25.1 Å². The van der Waals surface area contributed by atoms with Crippen LogP contribution in [-0.2, 0) is 0 Å². The van der Waals surface area contributed by atoms with E-state index in [1.165, 1.54) is 7.11 Å². The summed E-state index contributed by atoms with van der Waals surface area (Å²) < 4.78 is 10.8. The molecule has 0 aliphatic rings. The molecule has 0 N–H and O–H groups in total. The van der Waals surface area contributed by atoms with Crippen molar-refractivity contribution in [3.8, 4) is 5.75 Å². The van der Waals surface area contributed by atoms with Crippen LogP contribution < -0.4 is 10.4 Å². The summed E-state index contributed by atoms with van der Waals surface area (Å²) in [7, 11) is 1.49. The molecule has 1 aromatic heterocycles. The van der Waals surface area contributed by atoms with Crippen molar-refractivity contribution in [1.82, 2.24) is 0 Å². The van der Waals surface area contributed by atoms with Crippen molar-refractivity contribution in [2.45, 2.75) is 6.92 Å². The molecule has 0 aliphatic carbocycles. The fourth-order valence-electron chi connectivity index (χ4n) is 0.757. The van der Waals surface area contributed by atoms with E-state index in [2.05, 4.69) is 31.9 Å². The predicted molar refractivity (Wildman–Crippen MR) is 51.7 cm³/mol. The Kier molecular flexibility index (Phi) is 2.95. The third-order valence-corrected chi connectivity index (χ3v) is 2.94. The van der Waals surface area contributed by atoms with Crippen molar-refractivity contribution in [2.24, 2.45) is 0 Å². The number of hydrogen-bond acceptors (Lipinski definition) is 3. The highest BCUT2D eigenvalue weighted by molar-refractivity contribution is 9.11. The molecule has 3 nitrogen and oxygen atoms in total. The van der Waals surface area contributed by atoms with Crippen LogP contribution in [0.4, 0.5) is 0 Å². The molecule has 0 saturated heterocycles. The van der Waals surface area contributed by atoms with Gasteiger partial charge in [0.15, 0.2) is 5.75 Å². The zero-order valence-corrected chi connectivity index (χ0v) is 9.65. The average molecular weight is 298 g/mol. The molecular weight excluding hydrogens is 292 g/mol. The van der Waals surface area contributed by atoms with Crippen molar-refractivity contribution in [1.29, 1.82) is 0 Å². The Morgan fingerprint density at radius 2 is 1.92 bits per heavy atom. The quantitative estimate of drug-likeness (QED) is 0.799. The summed E-state index contributed by atoms with van der Waals surface area (Å²) in [4.78, 5) is 11.1. The van der Waals surface area contributed by atoms with Crippen molar-refractivity contribution in [3.63, 3.8) is 0 Å². The largest absolute Gasteiger partial charge is 0.494 e. The van der Waals surface area contributed by atoms with Gasteiger partial charge in [-0.25, -0.2) is 4.79 Å². The van der Waals surface area contributed by atoms with Gasteiger partial charge >= 0.3 is 5.63 Å². The fourth-order valence-corrected chi connectivity index (χ4v) is 1.90. The fraction of sp³-hybridized carbons (Fsp3) is 0.286. The van der Waals surface area contributed by atoms with Crippen molar-refractivity contribution < 1.29 is 9.15 Å². The Labute approximate surface area is 86.0 Å². The SMILES string of the molecule is COc1c(Br)c(C)oc(=O)c1Br. The highest BCUT2D eigenvalue weighted by atomic mass is 79.9. The minimum absolute atomic E-state index is 0.294. The maximum absolute atomic E-state index is 11.1. The molecule has 0 amide bonds. The van der Waals surface area contributed by atoms with Gasteiger partial charge in [0.25, 0.3) is 0 Å². The Balaban J connectivity index is 3.53. The van der Waals surface area contributed by atoms with Crippen LogP contribution in [0.25, 0.3) is 0 Å². The first-order chi connectivity index (χ1) is 5.57. The van der Waals surface area contributed by atoms with Crippen LogP contribution in [-0.4, -0.2) is 7.11 Å². The van der Waals surface area contributed by atoms with E-state index in [4.69, 9.17) is 9.15 Å². The Hall–Kier alpha value is -0.290. The first-order valence-electron chi connectivity index (χ1n) is 3.10. The second-order valence-electron chi connectivity index (χ2n) is 2.11. The van der Waals surface area contributed by atoms with E-state index in [0.717, 1.165) is 0 Å². The van der Waals surface area contributed by atoms with Gasteiger partial charge in [-0.15, -0.1) is 0 Å². The van der Waals surface area contributed by atoms with E-state index >= 15 is 0 Å². The van der Waals surface area contributed by atoms with Crippen LogP contribution in [0.5, 0.6) is 5.75 Å². The third-order valence-electron chi connectivity index (χ3n) is 1.34. The number of rotatable bonds is 1. The number of halogens is 2. The zero-order chi connectivity index (χ0) is 9.30. The molecule has 1 aromatic rings. The summed E-state index contributed by atoms with van der Waals surface area (Å²) in [6, 6.07) is 0. The van der Waals surface area contributed by atoms with Crippen LogP contribution >= 0.6 is 31.9 Å². The third kappa shape index (κ3) is 1.56. The van der Waals surface area contributed by atoms with Crippen LogP contribution in [0.15, 0.2) is 18.2 Å². The minimum Gasteiger partial charge on any atom is -0.494 e. The number of aryl methyl sites for hydroxylation is 1. The summed E-state index contributed by atoms with van der Waals surface area (Å²) >= 11 is 6.30. The van der Waals surface area contributed by atoms with Crippen LogP contribution in [0.1, 0.15) is 5.76 Å². The second kappa shape index (κ2) is 3.62. The topological polar surface area (TPSA) is 39.4 Å². The van der Waals surface area contributed by atoms with Gasteiger partial charge in [-0.1, -0.05) is 0 Å². The first-order valence-corrected chi connectivity index (χ1v) is 4.69. The summed E-state index contributed by atoms with van der Waals surface area (Å²) in [5, 5.41) is 0. The molecule has 1 rings (SSSR count). The van der Waals surface area contributed by atoms with E-state index in [0.29, 0.717) is 20.5 Å². The Bertz CT molecular complexity index is 356. The lowest BCUT2D eigenvalue weighted by Gasteiger charge is -2.05. The standard InChI is InChI=1S/C7H6Br2O3/c1-3-4(8)6(11-2)5(9)7(10)12-3/h1-2H3. The molecule has 0 atom stereocenters. The monoisotopic (exact) mass is 296 g/mol. The van der Waals surface area contributed by atoms with Gasteiger partial charge in [0.2, 0.25) is 0 Å². The lowest BCUT2D eigenvalue weighted by atomic mass is 10.4. The highest BCUT2D eigenvalue weighted by Gasteiger charge is 2.13. The molecule has 0 saturated carbocycles. The van der Waals surface area contributed by atoms with Crippen molar-refractivity contribution in [2.75, 3.05) is 7.11 Å². The van der Waals surface area contributed by atoms with E-state index in [-0.39, 0.29) is 0 Å². The van der Waals surface area contributed by atoms with Crippen molar-refractivity contribution >= 4 is 31.9 Å². The lowest BCUT2D eigenvalue weighted by molar-refractivity contribution is 0.387. The van der Waals surface area contributed by atoms with Gasteiger partial charge in [0.05, 0.1) is 11.6 Å². The molecule has 0 aliphatic heterocycles. The number of methoxy groups -OCH3 is 1. The molecule has 0 radical (unpaired) electrons. The molecule has 12 heavy (non-hydrogen) atoms. The van der Waals surface area contributed by atoms with Gasteiger partial charge in [-0.2, -0.15) is 0 Å². The molecule has 0 aromatic carbocycles. The summed E-state index contributed by atoms with van der Waals surface area (Å²) in [6.45, 7) is 1.68. The molecule has 66 valence electrons. The van der Waals surface area contributed by atoms with E-state index in [1.54, 1.807) is 6.92 Å². The molecule has 0 fully saturated rings. The highest BCUT2D eigenvalue weighted by Crippen LogP contribution is 2.32.